The predicted molar refractivity (Wildman–Crippen MR) is 263 cm³/mol. The molecule has 8 rings (SSSR count). The van der Waals surface area contributed by atoms with Crippen molar-refractivity contribution < 1.29 is 18.8 Å². The molecule has 0 saturated carbocycles. The highest BCUT2D eigenvalue weighted by atomic mass is 16.3. The number of rotatable bonds is 10. The first-order valence-corrected chi connectivity index (χ1v) is 21.4. The summed E-state index contributed by atoms with van der Waals surface area (Å²) < 4.78 is 89.8. The number of hydrogen-bond acceptors (Lipinski definition) is 3. The van der Waals surface area contributed by atoms with Crippen molar-refractivity contribution in [1.29, 1.82) is 0 Å². The molecule has 314 valence electrons. The van der Waals surface area contributed by atoms with Crippen LogP contribution in [0, 0.1) is 0 Å². The number of para-hydroxylation sites is 1. The molecule has 4 heteroatoms. The van der Waals surface area contributed by atoms with Crippen LogP contribution in [0.5, 0.6) is 5.75 Å². The van der Waals surface area contributed by atoms with E-state index in [1.807, 2.05) is 111 Å². The Morgan fingerprint density at radius 1 is 0.629 bits per heavy atom. The fourth-order valence-electron chi connectivity index (χ4n) is 8.18. The van der Waals surface area contributed by atoms with Gasteiger partial charge in [-0.1, -0.05) is 161 Å². The maximum atomic E-state index is 12.3. The van der Waals surface area contributed by atoms with Gasteiger partial charge in [0.2, 0.25) is 0 Å². The summed E-state index contributed by atoms with van der Waals surface area (Å²) in [6.45, 7) is 21.9. The monoisotopic (exact) mass is 826 g/mol. The smallest absolute Gasteiger partial charge is 0.149 e. The molecule has 8 aromatic rings. The number of pyridine rings is 1. The number of phenolic OH excluding ortho intramolecular Hbond substituents is 1. The Morgan fingerprint density at radius 3 is 1.92 bits per heavy atom. The third-order valence-electron chi connectivity index (χ3n) is 11.7. The third kappa shape index (κ3) is 8.11. The lowest BCUT2D eigenvalue weighted by molar-refractivity contribution is 0.466. The van der Waals surface area contributed by atoms with Crippen molar-refractivity contribution in [2.75, 3.05) is 0 Å². The zero-order chi connectivity index (χ0) is 52.8. The maximum Gasteiger partial charge on any atom is 0.149 e. The molecule has 62 heavy (non-hydrogen) atoms. The summed E-state index contributed by atoms with van der Waals surface area (Å²) in [6.07, 6.45) is -0.516. The largest absolute Gasteiger partial charge is 0.507 e. The molecule has 0 amide bonds. The molecule has 0 unspecified atom stereocenters. The van der Waals surface area contributed by atoms with Crippen molar-refractivity contribution in [3.05, 3.63) is 167 Å². The lowest BCUT2D eigenvalue weighted by Gasteiger charge is -2.22. The van der Waals surface area contributed by atoms with E-state index in [0.717, 1.165) is 55.7 Å². The minimum Gasteiger partial charge on any atom is -0.507 e. The summed E-state index contributed by atoms with van der Waals surface area (Å²) >= 11 is 0. The van der Waals surface area contributed by atoms with Crippen LogP contribution in [0.4, 0.5) is 0 Å². The third-order valence-corrected chi connectivity index (χ3v) is 11.7. The number of imidazole rings is 1. The summed E-state index contributed by atoms with van der Waals surface area (Å²) in [5, 5.41) is 12.3. The molecule has 0 spiro atoms. The number of fused-ring (bicyclic) bond motifs is 1. The van der Waals surface area contributed by atoms with E-state index in [0.29, 0.717) is 28.0 Å². The molecule has 2 aromatic heterocycles. The van der Waals surface area contributed by atoms with Crippen LogP contribution in [0.1, 0.15) is 141 Å². The van der Waals surface area contributed by atoms with Gasteiger partial charge in [0.1, 0.15) is 11.6 Å². The Kier molecular flexibility index (Phi) is 8.60. The second-order valence-corrected chi connectivity index (χ2v) is 18.3. The Balaban J connectivity index is 1.42. The topological polar surface area (TPSA) is 50.9 Å². The zero-order valence-corrected chi connectivity index (χ0v) is 37.6. The highest BCUT2D eigenvalue weighted by Crippen LogP contribution is 2.44. The van der Waals surface area contributed by atoms with E-state index < -0.39 is 59.6 Å². The molecule has 0 aliphatic carbocycles. The van der Waals surface area contributed by atoms with Crippen molar-refractivity contribution in [2.24, 2.45) is 0 Å². The number of aromatic hydroxyl groups is 1. The molecular formula is C58H61N3O. The van der Waals surface area contributed by atoms with Gasteiger partial charge >= 0.3 is 0 Å². The molecule has 6 aromatic carbocycles. The number of benzene rings is 6. The summed E-state index contributed by atoms with van der Waals surface area (Å²) in [4.78, 5) is 9.92. The zero-order valence-electron chi connectivity index (χ0n) is 47.6. The number of aromatic nitrogens is 3. The Morgan fingerprint density at radius 2 is 1.29 bits per heavy atom. The van der Waals surface area contributed by atoms with Crippen molar-refractivity contribution in [2.45, 2.75) is 105 Å². The minimum atomic E-state index is -0.948. The van der Waals surface area contributed by atoms with E-state index in [2.05, 4.69) is 65.6 Å². The maximum absolute atomic E-state index is 12.3. The number of nitrogens with zero attached hydrogens (tertiary/aromatic N) is 3. The Bertz CT molecular complexity index is 3400. The number of hydrogen-bond donors (Lipinski definition) is 1. The second-order valence-electron chi connectivity index (χ2n) is 18.3. The van der Waals surface area contributed by atoms with Crippen molar-refractivity contribution in [1.82, 2.24) is 14.5 Å². The van der Waals surface area contributed by atoms with E-state index in [1.54, 1.807) is 0 Å². The summed E-state index contributed by atoms with van der Waals surface area (Å²) in [6, 6.07) is 25.8. The molecule has 4 nitrogen and oxygen atoms in total. The van der Waals surface area contributed by atoms with Crippen LogP contribution in [0.25, 0.3) is 72.7 Å². The number of phenols is 1. The Labute approximate surface area is 383 Å². The first kappa shape index (κ1) is 31.6. The Hall–Kier alpha value is -6.26. The standard InChI is InChI=1S/C58H61N3O/c1-35(2)42-32-50(38(7)8)56(62)51(33-42)57-60-55-49(43-29-44(31-45(30-43)58(9,10)11)52-34-41(27-28-59-52)39-17-13-12-14-18-39)21-16-22-53(55)61(57)46-25-23-40(24-26-46)54-47(36(3)4)19-15-20-48(54)37(5)6/h12-38,62H,1-11H3/i12D,13D,14D,17D,18D,27D,28D,34D,36D,37D. The van der Waals surface area contributed by atoms with Gasteiger partial charge in [-0.05, 0) is 133 Å². The van der Waals surface area contributed by atoms with Crippen LogP contribution in [-0.4, -0.2) is 19.6 Å². The van der Waals surface area contributed by atoms with E-state index in [1.165, 1.54) is 0 Å². The van der Waals surface area contributed by atoms with Gasteiger partial charge in [0.25, 0.3) is 0 Å². The minimum absolute atomic E-state index is 0.00425. The fourth-order valence-corrected chi connectivity index (χ4v) is 8.18. The predicted octanol–water partition coefficient (Wildman–Crippen LogP) is 16.3. The highest BCUT2D eigenvalue weighted by molar-refractivity contribution is 5.97. The fraction of sp³-hybridized carbons (Fsp3) is 0.276. The molecule has 0 aliphatic heterocycles. The van der Waals surface area contributed by atoms with E-state index in [4.69, 9.17) is 17.3 Å². The van der Waals surface area contributed by atoms with E-state index in [-0.39, 0.29) is 40.4 Å². The molecule has 1 N–H and O–H groups in total. The molecule has 0 saturated heterocycles. The summed E-state index contributed by atoms with van der Waals surface area (Å²) in [5.41, 5.74) is 9.44. The normalized spacial score (nSPS) is 14.7. The average Bonchev–Trinajstić information content (AvgIpc) is 3.70. The molecule has 2 heterocycles. The van der Waals surface area contributed by atoms with Crippen LogP contribution in [0.2, 0.25) is 0 Å². The van der Waals surface area contributed by atoms with Gasteiger partial charge in [-0.15, -0.1) is 0 Å². The van der Waals surface area contributed by atoms with Gasteiger partial charge in [0, 0.05) is 25.7 Å². The van der Waals surface area contributed by atoms with Gasteiger partial charge in [0.15, 0.2) is 0 Å². The lowest BCUT2D eigenvalue weighted by Crippen LogP contribution is -2.11. The molecule has 0 atom stereocenters. The van der Waals surface area contributed by atoms with Gasteiger partial charge in [0.05, 0.1) is 33.3 Å². The van der Waals surface area contributed by atoms with Crippen molar-refractivity contribution in [3.63, 3.8) is 0 Å². The lowest BCUT2D eigenvalue weighted by atomic mass is 9.83. The average molecular weight is 826 g/mol. The first-order chi connectivity index (χ1) is 33.5. The van der Waals surface area contributed by atoms with Gasteiger partial charge in [-0.2, -0.15) is 0 Å². The SMILES string of the molecule is [2H]c1nc(-c2cc(-c3cccc4c3nc(-c3cc(C(C)C)cc(C(C)C)c3O)n4-c3ccc(-c4c(C([2H])(C)C)cccc4C([2H])(C)C)cc3)cc(C(C)(C)C)c2)c([2H])c(-c2c([2H])c([2H])c([2H])c([2H])c2[2H])c1[2H]. The van der Waals surface area contributed by atoms with Crippen LogP contribution in [0.15, 0.2) is 139 Å². The van der Waals surface area contributed by atoms with Gasteiger partial charge < -0.3 is 5.11 Å². The molecule has 0 radical (unpaired) electrons. The first-order valence-electron chi connectivity index (χ1n) is 26.4. The van der Waals surface area contributed by atoms with Crippen molar-refractivity contribution in [3.8, 4) is 67.5 Å². The molecule has 0 bridgehead atoms. The van der Waals surface area contributed by atoms with E-state index in [9.17, 15) is 6.48 Å². The van der Waals surface area contributed by atoms with E-state index >= 15 is 0 Å². The highest BCUT2D eigenvalue weighted by Gasteiger charge is 2.25. The second kappa shape index (κ2) is 16.9. The summed E-state index contributed by atoms with van der Waals surface area (Å²) in [7, 11) is 0. The van der Waals surface area contributed by atoms with Crippen LogP contribution >= 0.6 is 0 Å². The molecular weight excluding hydrogens is 755 g/mol. The van der Waals surface area contributed by atoms with Gasteiger partial charge in [-0.3, -0.25) is 9.55 Å². The summed E-state index contributed by atoms with van der Waals surface area (Å²) in [5.74, 6) is -1.14. The van der Waals surface area contributed by atoms with Gasteiger partial charge in [-0.25, -0.2) is 4.98 Å². The molecule has 0 fully saturated rings. The quantitative estimate of drug-likeness (QED) is 0.149. The van der Waals surface area contributed by atoms with Crippen LogP contribution in [-0.2, 0) is 5.41 Å². The van der Waals surface area contributed by atoms with Crippen LogP contribution < -0.4 is 0 Å². The molecule has 0 aliphatic rings. The van der Waals surface area contributed by atoms with Crippen LogP contribution in [0.3, 0.4) is 0 Å². The van der Waals surface area contributed by atoms with Crippen molar-refractivity contribution >= 4 is 11.0 Å².